The lowest BCUT2D eigenvalue weighted by Gasteiger charge is -2.17. The highest BCUT2D eigenvalue weighted by Crippen LogP contribution is 2.30. The number of aryl methyl sites for hydroxylation is 1. The molecule has 1 aromatic heterocycles. The number of imide groups is 1. The smallest absolute Gasteiger partial charge is 0.339 e. The van der Waals surface area contributed by atoms with Crippen LogP contribution in [0.5, 0.6) is 0 Å². The van der Waals surface area contributed by atoms with Crippen LogP contribution in [0.4, 0.5) is 15.9 Å². The lowest BCUT2D eigenvalue weighted by molar-refractivity contribution is -0.125. The van der Waals surface area contributed by atoms with Crippen LogP contribution in [0.3, 0.4) is 0 Å². The van der Waals surface area contributed by atoms with Crippen molar-refractivity contribution in [2.24, 2.45) is 0 Å². The highest BCUT2D eigenvalue weighted by atomic mass is 19.1. The molecule has 0 aliphatic carbocycles. The van der Waals surface area contributed by atoms with Crippen LogP contribution in [0.2, 0.25) is 0 Å². The molecule has 0 saturated carbocycles. The van der Waals surface area contributed by atoms with Gasteiger partial charge in [0.2, 0.25) is 6.10 Å². The molecule has 1 aliphatic rings. The van der Waals surface area contributed by atoms with Crippen molar-refractivity contribution in [1.29, 1.82) is 0 Å². The molecule has 4 aromatic rings. The fraction of sp³-hybridized carbons (Fsp3) is 0.0741. The zero-order valence-electron chi connectivity index (χ0n) is 19.3. The van der Waals surface area contributed by atoms with Crippen LogP contribution in [-0.4, -0.2) is 28.8 Å². The number of esters is 1. The number of benzene rings is 3. The zero-order valence-corrected chi connectivity index (χ0v) is 19.3. The maximum absolute atomic E-state index is 13.3. The number of nitrogens with zero attached hydrogens (tertiary/aromatic N) is 2. The van der Waals surface area contributed by atoms with E-state index in [1.165, 1.54) is 36.4 Å². The summed E-state index contributed by atoms with van der Waals surface area (Å²) in [5.41, 5.74) is 0.642. The van der Waals surface area contributed by atoms with Crippen molar-refractivity contribution in [2.45, 2.75) is 13.0 Å². The Labute approximate surface area is 209 Å². The normalized spacial score (nSPS) is 13.3. The van der Waals surface area contributed by atoms with Crippen LogP contribution in [-0.2, 0) is 9.53 Å². The van der Waals surface area contributed by atoms with Gasteiger partial charge in [0.1, 0.15) is 11.6 Å². The van der Waals surface area contributed by atoms with Crippen LogP contribution in [0.1, 0.15) is 48.5 Å². The minimum atomic E-state index is -1.34. The number of hydrogen-bond donors (Lipinski definition) is 1. The third-order valence-corrected chi connectivity index (χ3v) is 5.65. The number of carbonyl (C=O) groups is 4. The molecule has 1 atom stereocenters. The average Bonchev–Trinajstić information content (AvgIpc) is 3.42. The van der Waals surface area contributed by atoms with Crippen molar-refractivity contribution in [3.63, 3.8) is 0 Å². The number of hydrogen-bond acceptors (Lipinski definition) is 7. The van der Waals surface area contributed by atoms with Gasteiger partial charge in [-0.2, -0.15) is 0 Å². The highest BCUT2D eigenvalue weighted by molar-refractivity contribution is 6.34. The molecule has 3 amide bonds. The Morgan fingerprint density at radius 3 is 2.32 bits per heavy atom. The van der Waals surface area contributed by atoms with E-state index in [0.717, 1.165) is 17.0 Å². The van der Waals surface area contributed by atoms with Crippen LogP contribution in [0, 0.1) is 12.7 Å². The fourth-order valence-corrected chi connectivity index (χ4v) is 3.89. The fourth-order valence-electron chi connectivity index (χ4n) is 3.89. The molecule has 0 bridgehead atoms. The number of amides is 3. The Kier molecular flexibility index (Phi) is 6.06. The molecule has 37 heavy (non-hydrogen) atoms. The van der Waals surface area contributed by atoms with Crippen LogP contribution >= 0.6 is 0 Å². The molecule has 10 heteroatoms. The van der Waals surface area contributed by atoms with Crippen molar-refractivity contribution in [3.05, 3.63) is 113 Å². The Bertz CT molecular complexity index is 1530. The quantitative estimate of drug-likeness (QED) is 0.307. The van der Waals surface area contributed by atoms with Crippen LogP contribution < -0.4 is 10.2 Å². The first kappa shape index (κ1) is 23.6. The van der Waals surface area contributed by atoms with E-state index in [4.69, 9.17) is 9.26 Å². The van der Waals surface area contributed by atoms with Gasteiger partial charge >= 0.3 is 5.97 Å². The number of ether oxygens (including phenoxy) is 1. The summed E-state index contributed by atoms with van der Waals surface area (Å²) < 4.78 is 23.8. The number of anilines is 2. The second-order valence-corrected chi connectivity index (χ2v) is 8.19. The monoisotopic (exact) mass is 499 g/mol. The van der Waals surface area contributed by atoms with Crippen LogP contribution in [0.25, 0.3) is 0 Å². The molecule has 0 radical (unpaired) electrons. The third kappa shape index (κ3) is 4.59. The number of rotatable bonds is 6. The van der Waals surface area contributed by atoms with E-state index in [0.29, 0.717) is 11.3 Å². The second-order valence-electron chi connectivity index (χ2n) is 8.19. The minimum Gasteiger partial charge on any atom is -0.444 e. The van der Waals surface area contributed by atoms with Gasteiger partial charge in [0, 0.05) is 11.6 Å². The first-order valence-corrected chi connectivity index (χ1v) is 11.1. The van der Waals surface area contributed by atoms with Gasteiger partial charge in [0.05, 0.1) is 22.4 Å². The predicted molar refractivity (Wildman–Crippen MR) is 128 cm³/mol. The molecule has 1 aliphatic heterocycles. The van der Waals surface area contributed by atoms with Crippen molar-refractivity contribution in [3.8, 4) is 0 Å². The molecule has 184 valence electrons. The van der Waals surface area contributed by atoms with Gasteiger partial charge in [0.25, 0.3) is 17.7 Å². The Morgan fingerprint density at radius 1 is 0.946 bits per heavy atom. The Morgan fingerprint density at radius 2 is 1.65 bits per heavy atom. The molecule has 3 aromatic carbocycles. The number of aromatic nitrogens is 1. The highest BCUT2D eigenvalue weighted by Gasteiger charge is 2.37. The lowest BCUT2D eigenvalue weighted by atomic mass is 10.1. The first-order valence-electron chi connectivity index (χ1n) is 11.1. The van der Waals surface area contributed by atoms with Gasteiger partial charge in [-0.3, -0.25) is 14.4 Å². The topological polar surface area (TPSA) is 119 Å². The molecule has 9 nitrogen and oxygen atoms in total. The maximum Gasteiger partial charge on any atom is 0.339 e. The van der Waals surface area contributed by atoms with Crippen molar-refractivity contribution in [1.82, 2.24) is 5.16 Å². The van der Waals surface area contributed by atoms with E-state index >= 15 is 0 Å². The van der Waals surface area contributed by atoms with Gasteiger partial charge in [-0.25, -0.2) is 14.1 Å². The van der Waals surface area contributed by atoms with Crippen molar-refractivity contribution >= 4 is 35.2 Å². The number of halogens is 1. The summed E-state index contributed by atoms with van der Waals surface area (Å²) in [6, 6.07) is 18.7. The van der Waals surface area contributed by atoms with Crippen molar-refractivity contribution in [2.75, 3.05) is 10.2 Å². The number of carbonyl (C=O) groups excluding carboxylic acids is 4. The largest absolute Gasteiger partial charge is 0.444 e. The van der Waals surface area contributed by atoms with Gasteiger partial charge in [-0.15, -0.1) is 0 Å². The molecule has 0 spiro atoms. The van der Waals surface area contributed by atoms with Gasteiger partial charge in [0.15, 0.2) is 5.82 Å². The van der Waals surface area contributed by atoms with Gasteiger partial charge < -0.3 is 14.6 Å². The molecule has 5 rings (SSSR count). The summed E-state index contributed by atoms with van der Waals surface area (Å²) in [4.78, 5) is 52.8. The first-order chi connectivity index (χ1) is 17.8. The van der Waals surface area contributed by atoms with E-state index < -0.39 is 35.6 Å². The summed E-state index contributed by atoms with van der Waals surface area (Å²) in [7, 11) is 0. The van der Waals surface area contributed by atoms with Gasteiger partial charge in [-0.1, -0.05) is 35.5 Å². The summed E-state index contributed by atoms with van der Waals surface area (Å²) in [5.74, 6) is -2.69. The second kappa shape index (κ2) is 9.50. The zero-order chi connectivity index (χ0) is 26.1. The lowest BCUT2D eigenvalue weighted by Crippen LogP contribution is -2.29. The average molecular weight is 499 g/mol. The summed E-state index contributed by atoms with van der Waals surface area (Å²) in [6.45, 7) is 1.66. The summed E-state index contributed by atoms with van der Waals surface area (Å²) in [6.07, 6.45) is -1.34. The standard InChI is InChI=1S/C27H18FN3O6/c1-15-13-22(30-37-15)29-24(32)23(16-5-3-2-4-6-16)36-27(35)17-7-12-20-21(14-17)26(34)31(25(20)33)19-10-8-18(28)9-11-19/h2-14,23H,1H3,(H,29,30,32). The summed E-state index contributed by atoms with van der Waals surface area (Å²) in [5, 5.41) is 6.27. The number of fused-ring (bicyclic) bond motifs is 1. The SMILES string of the molecule is Cc1cc(NC(=O)C(OC(=O)c2ccc3c(c2)C(=O)N(c2ccc(F)cc2)C3=O)c2ccccc2)no1. The van der Waals surface area contributed by atoms with E-state index in [-0.39, 0.29) is 28.2 Å². The Balaban J connectivity index is 1.40. The molecule has 1 unspecified atom stereocenters. The molecule has 1 N–H and O–H groups in total. The molecule has 2 heterocycles. The molecular formula is C27H18FN3O6. The maximum atomic E-state index is 13.3. The molecular weight excluding hydrogens is 481 g/mol. The Hall–Kier alpha value is -5.12. The van der Waals surface area contributed by atoms with E-state index in [2.05, 4.69) is 10.5 Å². The van der Waals surface area contributed by atoms with E-state index in [1.54, 1.807) is 37.3 Å². The summed E-state index contributed by atoms with van der Waals surface area (Å²) >= 11 is 0. The van der Waals surface area contributed by atoms with Gasteiger partial charge in [-0.05, 0) is 49.4 Å². The molecule has 0 fully saturated rings. The van der Waals surface area contributed by atoms with E-state index in [1.807, 2.05) is 0 Å². The minimum absolute atomic E-state index is 0.0115. The van der Waals surface area contributed by atoms with Crippen molar-refractivity contribution < 1.29 is 32.8 Å². The van der Waals surface area contributed by atoms with E-state index in [9.17, 15) is 23.6 Å². The number of nitrogens with one attached hydrogen (secondary N) is 1. The predicted octanol–water partition coefficient (Wildman–Crippen LogP) is 4.46. The third-order valence-electron chi connectivity index (χ3n) is 5.65. The molecule has 0 saturated heterocycles. The van der Waals surface area contributed by atoms with Crippen LogP contribution in [0.15, 0.2) is 83.4 Å².